The highest BCUT2D eigenvalue weighted by molar-refractivity contribution is 7.86. The number of aliphatic hydroxyl groups is 4. The van der Waals surface area contributed by atoms with E-state index in [2.05, 4.69) is 51.2 Å². The van der Waals surface area contributed by atoms with Crippen molar-refractivity contribution in [3.05, 3.63) is 47.5 Å². The molecule has 0 spiro atoms. The summed E-state index contributed by atoms with van der Waals surface area (Å²) < 4.78 is 71.6. The molecule has 2 aromatic carbocycles. The van der Waals surface area contributed by atoms with Gasteiger partial charge in [-0.3, -0.25) is 18.9 Å². The lowest BCUT2D eigenvalue weighted by molar-refractivity contribution is 0.102. The van der Waals surface area contributed by atoms with Crippen LogP contribution in [0.2, 0.25) is 0 Å². The SMILES string of the molecule is CC(O)N(c1nc(Nc2ccc(C=Cc3ccc(Nc4nc(NC5CCCCC5)nc(N(C(C)O)C(C)O)n4)cc3S(=O)(=O)O)c(S(=O)(=O)O)c2)nc(NC2CCCCC2)n1)C(C)O. The van der Waals surface area contributed by atoms with Crippen LogP contribution in [0, 0.1) is 0 Å². The first-order valence-corrected chi connectivity index (χ1v) is 23.9. The number of benzene rings is 2. The summed E-state index contributed by atoms with van der Waals surface area (Å²) in [6.07, 6.45) is 7.53. The van der Waals surface area contributed by atoms with Crippen LogP contribution in [-0.2, 0) is 20.2 Å². The molecule has 2 aliphatic carbocycles. The second kappa shape index (κ2) is 20.7. The molecule has 6 rings (SSSR count). The molecule has 2 aromatic heterocycles. The third-order valence-corrected chi connectivity index (χ3v) is 12.6. The summed E-state index contributed by atoms with van der Waals surface area (Å²) in [5, 5.41) is 54.0. The summed E-state index contributed by atoms with van der Waals surface area (Å²) in [6, 6.07) is 7.97. The Labute approximate surface area is 371 Å². The summed E-state index contributed by atoms with van der Waals surface area (Å²) in [5.41, 5.74) is 0.115. The van der Waals surface area contributed by atoms with Crippen LogP contribution in [0.5, 0.6) is 0 Å². The van der Waals surface area contributed by atoms with Gasteiger partial charge in [0.1, 0.15) is 34.7 Å². The Kier molecular flexibility index (Phi) is 15.5. The third kappa shape index (κ3) is 12.7. The Morgan fingerprint density at radius 1 is 0.531 bits per heavy atom. The molecule has 2 fully saturated rings. The van der Waals surface area contributed by atoms with E-state index in [0.29, 0.717) is 0 Å². The van der Waals surface area contributed by atoms with Crippen molar-refractivity contribution < 1.29 is 46.4 Å². The van der Waals surface area contributed by atoms with Crippen molar-refractivity contribution >= 4 is 79.5 Å². The number of aliphatic hydroxyl groups excluding tert-OH is 4. The Bertz CT molecular complexity index is 2310. The van der Waals surface area contributed by atoms with Crippen molar-refractivity contribution in [1.82, 2.24) is 29.9 Å². The average Bonchev–Trinajstić information content (AvgIpc) is 3.20. The van der Waals surface area contributed by atoms with Crippen molar-refractivity contribution in [2.24, 2.45) is 0 Å². The van der Waals surface area contributed by atoms with Gasteiger partial charge in [-0.2, -0.15) is 46.7 Å². The minimum Gasteiger partial charge on any atom is -0.374 e. The van der Waals surface area contributed by atoms with Crippen molar-refractivity contribution in [1.29, 1.82) is 0 Å². The molecule has 2 heterocycles. The maximum absolute atomic E-state index is 12.7. The van der Waals surface area contributed by atoms with Gasteiger partial charge < -0.3 is 41.7 Å². The lowest BCUT2D eigenvalue weighted by Crippen LogP contribution is -2.41. The van der Waals surface area contributed by atoms with E-state index in [4.69, 9.17) is 0 Å². The van der Waals surface area contributed by atoms with Crippen LogP contribution in [0.3, 0.4) is 0 Å². The number of anilines is 8. The largest absolute Gasteiger partial charge is 0.374 e. The molecule has 0 saturated heterocycles. The zero-order chi connectivity index (χ0) is 46.3. The predicted octanol–water partition coefficient (Wildman–Crippen LogP) is 4.66. The van der Waals surface area contributed by atoms with Crippen LogP contribution in [0.4, 0.5) is 47.1 Å². The minimum absolute atomic E-state index is 0.0570. The molecule has 4 aromatic rings. The highest BCUT2D eigenvalue weighted by Crippen LogP contribution is 2.30. The number of hydrogen-bond donors (Lipinski definition) is 10. The second-order valence-electron chi connectivity index (χ2n) is 15.9. The quantitative estimate of drug-likeness (QED) is 0.0368. The molecule has 64 heavy (non-hydrogen) atoms. The number of nitrogens with one attached hydrogen (secondary N) is 4. The van der Waals surface area contributed by atoms with Crippen molar-refractivity contribution in [3.8, 4) is 0 Å². The highest BCUT2D eigenvalue weighted by Gasteiger charge is 2.26. The molecule has 0 bridgehead atoms. The number of aromatic nitrogens is 6. The normalized spacial score (nSPS) is 17.3. The summed E-state index contributed by atoms with van der Waals surface area (Å²) >= 11 is 0. The van der Waals surface area contributed by atoms with E-state index < -0.39 is 54.9 Å². The van der Waals surface area contributed by atoms with Crippen molar-refractivity contribution in [2.45, 2.75) is 139 Å². The molecule has 0 radical (unpaired) electrons. The maximum atomic E-state index is 12.7. The van der Waals surface area contributed by atoms with Gasteiger partial charge in [0.25, 0.3) is 20.2 Å². The van der Waals surface area contributed by atoms with Crippen LogP contribution in [0.15, 0.2) is 46.2 Å². The first-order chi connectivity index (χ1) is 30.2. The van der Waals surface area contributed by atoms with Crippen LogP contribution < -0.4 is 31.1 Å². The maximum Gasteiger partial charge on any atom is 0.295 e. The van der Waals surface area contributed by atoms with E-state index in [9.17, 15) is 46.4 Å². The first kappa shape index (κ1) is 48.1. The summed E-state index contributed by atoms with van der Waals surface area (Å²) in [5.74, 6) is 0.0350. The lowest BCUT2D eigenvalue weighted by Gasteiger charge is -2.29. The molecule has 0 amide bonds. The van der Waals surface area contributed by atoms with Gasteiger partial charge in [0.15, 0.2) is 0 Å². The average molecular weight is 929 g/mol. The van der Waals surface area contributed by atoms with Crippen molar-refractivity contribution in [2.75, 3.05) is 31.1 Å². The number of nitrogens with zero attached hydrogens (tertiary/aromatic N) is 8. The monoisotopic (exact) mass is 928 g/mol. The predicted molar refractivity (Wildman–Crippen MR) is 240 cm³/mol. The molecule has 4 unspecified atom stereocenters. The van der Waals surface area contributed by atoms with E-state index in [-0.39, 0.29) is 70.3 Å². The van der Waals surface area contributed by atoms with Gasteiger partial charge in [-0.1, -0.05) is 62.8 Å². The molecule has 2 aliphatic rings. The fourth-order valence-corrected chi connectivity index (χ4v) is 9.16. The zero-order valence-electron chi connectivity index (χ0n) is 35.9. The topological polar surface area (TPSA) is 322 Å². The molecule has 22 nitrogen and oxygen atoms in total. The first-order valence-electron chi connectivity index (χ1n) is 21.0. The van der Waals surface area contributed by atoms with Gasteiger partial charge in [0.2, 0.25) is 35.7 Å². The smallest absolute Gasteiger partial charge is 0.295 e. The molecule has 24 heteroatoms. The zero-order valence-corrected chi connectivity index (χ0v) is 37.5. The highest BCUT2D eigenvalue weighted by atomic mass is 32.2. The minimum atomic E-state index is -4.91. The van der Waals surface area contributed by atoms with Gasteiger partial charge in [-0.05, 0) is 88.8 Å². The van der Waals surface area contributed by atoms with Gasteiger partial charge in [0, 0.05) is 23.5 Å². The third-order valence-electron chi connectivity index (χ3n) is 10.7. The van der Waals surface area contributed by atoms with Crippen LogP contribution in [-0.4, -0.2) is 113 Å². The summed E-state index contributed by atoms with van der Waals surface area (Å²) in [4.78, 5) is 27.6. The van der Waals surface area contributed by atoms with Crippen molar-refractivity contribution in [3.63, 3.8) is 0 Å². The standard InChI is InChI=1S/C40H56N12O10S2/c1-23(53)51(24(2)54)39-47-35(41-29-11-7-5-8-12-29)45-37(49-39)43-31-19-17-27(33(21-31)63(57,58)59)15-16-28-18-20-32(22-34(28)64(60,61)62)44-38-46-36(42-30-13-9-6-10-14-30)48-40(50-38)52(25(3)55)26(4)56/h15-26,29-30,53-56H,5-14H2,1-4H3,(H,57,58,59)(H,60,61,62)(H2,41,43,45,47,49)(H2,42,44,46,48,50). The van der Waals surface area contributed by atoms with Crippen LogP contribution >= 0.6 is 0 Å². The summed E-state index contributed by atoms with van der Waals surface area (Å²) in [6.45, 7) is 5.72. The fourth-order valence-electron chi connectivity index (χ4n) is 7.74. The Morgan fingerprint density at radius 3 is 1.17 bits per heavy atom. The van der Waals surface area contributed by atoms with Gasteiger partial charge in [0.05, 0.1) is 0 Å². The molecule has 0 aliphatic heterocycles. The second-order valence-corrected chi connectivity index (χ2v) is 18.7. The number of hydrogen-bond acceptors (Lipinski definition) is 20. The van der Waals surface area contributed by atoms with Gasteiger partial charge in [-0.25, -0.2) is 0 Å². The summed E-state index contributed by atoms with van der Waals surface area (Å²) in [7, 11) is -9.81. The Hall–Kier alpha value is -5.34. The van der Waals surface area contributed by atoms with E-state index in [1.165, 1.54) is 64.1 Å². The van der Waals surface area contributed by atoms with Gasteiger partial charge >= 0.3 is 0 Å². The molecule has 348 valence electrons. The molecule has 2 saturated carbocycles. The molecule has 4 atom stereocenters. The number of rotatable bonds is 18. The van der Waals surface area contributed by atoms with E-state index in [0.717, 1.165) is 86.1 Å². The van der Waals surface area contributed by atoms with E-state index >= 15 is 0 Å². The molecular weight excluding hydrogens is 873 g/mol. The molecular formula is C40H56N12O10S2. The van der Waals surface area contributed by atoms with E-state index in [1.54, 1.807) is 0 Å². The Morgan fingerprint density at radius 2 is 0.859 bits per heavy atom. The Balaban J connectivity index is 1.30. The van der Waals surface area contributed by atoms with E-state index in [1.807, 2.05) is 0 Å². The fraction of sp³-hybridized carbons (Fsp3) is 0.500. The molecule has 10 N–H and O–H groups in total. The van der Waals surface area contributed by atoms with Crippen LogP contribution in [0.1, 0.15) is 103 Å². The lowest BCUT2D eigenvalue weighted by atomic mass is 9.96. The van der Waals surface area contributed by atoms with Crippen LogP contribution in [0.25, 0.3) is 12.2 Å². The van der Waals surface area contributed by atoms with Gasteiger partial charge in [-0.15, -0.1) is 0 Å².